The first kappa shape index (κ1) is 14.3. The first-order chi connectivity index (χ1) is 9.99. The van der Waals surface area contributed by atoms with Gasteiger partial charge in [-0.05, 0) is 18.9 Å². The molecular weight excluding hydrogens is 264 g/mol. The molecule has 2 unspecified atom stereocenters. The van der Waals surface area contributed by atoms with E-state index in [4.69, 9.17) is 0 Å². The molecule has 0 amide bonds. The van der Waals surface area contributed by atoms with Crippen molar-refractivity contribution < 1.29 is 5.11 Å². The van der Waals surface area contributed by atoms with Gasteiger partial charge in [-0.2, -0.15) is 5.10 Å². The largest absolute Gasteiger partial charge is 0.396 e. The molecule has 0 radical (unpaired) electrons. The van der Waals surface area contributed by atoms with Crippen LogP contribution in [0.3, 0.4) is 0 Å². The normalized spacial score (nSPS) is 22.9. The van der Waals surface area contributed by atoms with Crippen molar-refractivity contribution in [3.63, 3.8) is 0 Å². The highest BCUT2D eigenvalue weighted by Crippen LogP contribution is 2.30. The van der Waals surface area contributed by atoms with Gasteiger partial charge in [0.25, 0.3) is 0 Å². The maximum Gasteiger partial charge on any atom is 0.152 e. The highest BCUT2D eigenvalue weighted by atomic mass is 16.3. The first-order valence-corrected chi connectivity index (χ1v) is 7.71. The van der Waals surface area contributed by atoms with Crippen molar-refractivity contribution in [2.45, 2.75) is 51.5 Å². The minimum absolute atomic E-state index is 0.0181. The molecule has 3 rings (SSSR count). The van der Waals surface area contributed by atoms with Crippen molar-refractivity contribution in [2.75, 3.05) is 11.9 Å². The predicted molar refractivity (Wildman–Crippen MR) is 83.5 cm³/mol. The molecule has 0 aromatic carbocycles. The molecule has 0 bridgehead atoms. The molecule has 114 valence electrons. The monoisotopic (exact) mass is 288 g/mol. The zero-order valence-electron chi connectivity index (χ0n) is 13.0. The molecule has 0 spiro atoms. The van der Waals surface area contributed by atoms with Crippen LogP contribution in [0, 0.1) is 5.92 Å². The third kappa shape index (κ3) is 2.75. The Labute approximate surface area is 125 Å². The summed E-state index contributed by atoms with van der Waals surface area (Å²) in [6, 6.07) is 2.42. The van der Waals surface area contributed by atoms with E-state index in [1.807, 2.05) is 10.7 Å². The Kier molecular flexibility index (Phi) is 3.61. The average Bonchev–Trinajstić information content (AvgIpc) is 3.04. The topological polar surface area (TPSA) is 62.5 Å². The van der Waals surface area contributed by atoms with Crippen LogP contribution in [-0.2, 0) is 5.41 Å². The van der Waals surface area contributed by atoms with E-state index in [0.29, 0.717) is 12.0 Å². The number of rotatable bonds is 3. The fourth-order valence-electron chi connectivity index (χ4n) is 3.02. The molecule has 2 N–H and O–H groups in total. The summed E-state index contributed by atoms with van der Waals surface area (Å²) < 4.78 is 1.89. The van der Waals surface area contributed by atoms with Crippen LogP contribution in [-0.4, -0.2) is 32.4 Å². The molecule has 5 nitrogen and oxygen atoms in total. The van der Waals surface area contributed by atoms with Gasteiger partial charge >= 0.3 is 0 Å². The summed E-state index contributed by atoms with van der Waals surface area (Å²) in [5.74, 6) is 1.20. The number of anilines is 1. The highest BCUT2D eigenvalue weighted by molar-refractivity contribution is 5.68. The van der Waals surface area contributed by atoms with E-state index in [-0.39, 0.29) is 12.0 Å². The van der Waals surface area contributed by atoms with Gasteiger partial charge < -0.3 is 10.4 Å². The molecule has 21 heavy (non-hydrogen) atoms. The lowest BCUT2D eigenvalue weighted by molar-refractivity contribution is 0.222. The Morgan fingerprint density at radius 1 is 1.38 bits per heavy atom. The Bertz CT molecular complexity index is 629. The van der Waals surface area contributed by atoms with Crippen molar-refractivity contribution in [3.8, 4) is 0 Å². The van der Waals surface area contributed by atoms with Gasteiger partial charge in [0.15, 0.2) is 5.82 Å². The lowest BCUT2D eigenvalue weighted by Gasteiger charge is -2.19. The lowest BCUT2D eigenvalue weighted by Crippen LogP contribution is -2.27. The van der Waals surface area contributed by atoms with E-state index >= 15 is 0 Å². The number of hydrogen-bond acceptors (Lipinski definition) is 4. The molecule has 1 aliphatic rings. The van der Waals surface area contributed by atoms with Gasteiger partial charge in [-0.25, -0.2) is 9.50 Å². The third-order valence-corrected chi connectivity index (χ3v) is 4.37. The molecule has 0 saturated heterocycles. The molecule has 1 saturated carbocycles. The van der Waals surface area contributed by atoms with Crippen molar-refractivity contribution in [1.29, 1.82) is 0 Å². The van der Waals surface area contributed by atoms with Crippen LogP contribution in [0.1, 0.15) is 45.7 Å². The maximum absolute atomic E-state index is 9.46. The van der Waals surface area contributed by atoms with Crippen LogP contribution in [0.25, 0.3) is 5.52 Å². The van der Waals surface area contributed by atoms with Crippen LogP contribution in [0.5, 0.6) is 0 Å². The van der Waals surface area contributed by atoms with E-state index < -0.39 is 0 Å². The molecule has 0 aliphatic heterocycles. The number of nitrogens with one attached hydrogen (secondary N) is 1. The van der Waals surface area contributed by atoms with Gasteiger partial charge in [-0.15, -0.1) is 0 Å². The summed E-state index contributed by atoms with van der Waals surface area (Å²) >= 11 is 0. The van der Waals surface area contributed by atoms with E-state index in [0.717, 1.165) is 29.9 Å². The van der Waals surface area contributed by atoms with Crippen molar-refractivity contribution >= 4 is 11.3 Å². The Morgan fingerprint density at radius 2 is 2.19 bits per heavy atom. The summed E-state index contributed by atoms with van der Waals surface area (Å²) in [6.07, 6.45) is 7.00. The van der Waals surface area contributed by atoms with Crippen LogP contribution in [0.15, 0.2) is 18.5 Å². The zero-order valence-corrected chi connectivity index (χ0v) is 13.0. The number of nitrogens with zero attached hydrogens (tertiary/aromatic N) is 3. The second kappa shape index (κ2) is 5.30. The molecule has 2 atom stereocenters. The van der Waals surface area contributed by atoms with Gasteiger partial charge in [0.2, 0.25) is 0 Å². The number of fused-ring (bicyclic) bond motifs is 1. The van der Waals surface area contributed by atoms with Gasteiger partial charge in [0.1, 0.15) is 5.52 Å². The molecular formula is C16H24N4O. The lowest BCUT2D eigenvalue weighted by atomic mass is 9.92. The summed E-state index contributed by atoms with van der Waals surface area (Å²) in [6.45, 7) is 6.73. The van der Waals surface area contributed by atoms with Crippen molar-refractivity contribution in [2.24, 2.45) is 5.92 Å². The summed E-state index contributed by atoms with van der Waals surface area (Å²) in [5.41, 5.74) is 2.08. The van der Waals surface area contributed by atoms with Crippen molar-refractivity contribution in [1.82, 2.24) is 14.6 Å². The minimum Gasteiger partial charge on any atom is -0.396 e. The Hall–Kier alpha value is -1.62. The molecule has 1 aliphatic carbocycles. The number of aliphatic hydroxyl groups excluding tert-OH is 1. The van der Waals surface area contributed by atoms with Gasteiger partial charge in [-0.3, -0.25) is 0 Å². The highest BCUT2D eigenvalue weighted by Gasteiger charge is 2.27. The van der Waals surface area contributed by atoms with Crippen LogP contribution >= 0.6 is 0 Å². The maximum atomic E-state index is 9.46. The van der Waals surface area contributed by atoms with Gasteiger partial charge in [0.05, 0.1) is 5.69 Å². The van der Waals surface area contributed by atoms with Crippen LogP contribution in [0.2, 0.25) is 0 Å². The fraction of sp³-hybridized carbons (Fsp3) is 0.625. The third-order valence-electron chi connectivity index (χ3n) is 4.37. The molecule has 2 heterocycles. The molecule has 5 heteroatoms. The van der Waals surface area contributed by atoms with E-state index in [1.54, 1.807) is 6.20 Å². The number of aliphatic hydroxyl groups is 1. The van der Waals surface area contributed by atoms with Gasteiger partial charge in [0, 0.05) is 36.4 Å². The predicted octanol–water partition coefficient (Wildman–Crippen LogP) is 2.60. The fourth-order valence-corrected chi connectivity index (χ4v) is 3.02. The smallest absolute Gasteiger partial charge is 0.152 e. The second-order valence-electron chi connectivity index (χ2n) is 7.01. The minimum atomic E-state index is 0.0181. The summed E-state index contributed by atoms with van der Waals surface area (Å²) in [5, 5.41) is 17.6. The van der Waals surface area contributed by atoms with Crippen LogP contribution < -0.4 is 5.32 Å². The van der Waals surface area contributed by atoms with E-state index in [9.17, 15) is 5.11 Å². The quantitative estimate of drug-likeness (QED) is 0.911. The Balaban J connectivity index is 1.93. The van der Waals surface area contributed by atoms with Gasteiger partial charge in [-0.1, -0.05) is 27.2 Å². The summed E-state index contributed by atoms with van der Waals surface area (Å²) in [7, 11) is 0. The SMILES string of the molecule is CC(C)(C)c1cc2c(NC3CCCC3CO)nccn2n1. The number of aromatic nitrogens is 3. The molecule has 1 fully saturated rings. The second-order valence-corrected chi connectivity index (χ2v) is 7.01. The Morgan fingerprint density at radius 3 is 2.90 bits per heavy atom. The number of hydrogen-bond donors (Lipinski definition) is 2. The van der Waals surface area contributed by atoms with Crippen molar-refractivity contribution in [3.05, 3.63) is 24.2 Å². The standard InChI is InChI=1S/C16H24N4O/c1-16(2,3)14-9-13-15(17-7-8-20(13)19-14)18-12-6-4-5-11(12)10-21/h7-9,11-12,21H,4-6,10H2,1-3H3,(H,17,18). The molecule has 2 aromatic heterocycles. The molecule has 2 aromatic rings. The van der Waals surface area contributed by atoms with Crippen LogP contribution in [0.4, 0.5) is 5.82 Å². The zero-order chi connectivity index (χ0) is 15.0. The summed E-state index contributed by atoms with van der Waals surface area (Å²) in [4.78, 5) is 4.48. The van der Waals surface area contributed by atoms with E-state index in [2.05, 4.69) is 42.2 Å². The van der Waals surface area contributed by atoms with E-state index in [1.165, 1.54) is 6.42 Å². The first-order valence-electron chi connectivity index (χ1n) is 7.71. The average molecular weight is 288 g/mol.